The van der Waals surface area contributed by atoms with Gasteiger partial charge in [0.1, 0.15) is 23.9 Å². The number of nitrogens with one attached hydrogen (secondary N) is 1. The lowest BCUT2D eigenvalue weighted by molar-refractivity contribution is -0.132. The fraction of sp³-hybridized carbons (Fsp3) is 0.321. The molecule has 41 heavy (non-hydrogen) atoms. The minimum absolute atomic E-state index is 0.0233. The maximum absolute atomic E-state index is 14.2. The molecule has 13 heteroatoms. The van der Waals surface area contributed by atoms with Crippen LogP contribution in [0.4, 0.5) is 19.5 Å². The fourth-order valence-corrected chi connectivity index (χ4v) is 6.19. The van der Waals surface area contributed by atoms with Gasteiger partial charge >= 0.3 is 6.09 Å². The van der Waals surface area contributed by atoms with Crippen molar-refractivity contribution in [1.29, 1.82) is 0 Å². The van der Waals surface area contributed by atoms with Gasteiger partial charge in [0.2, 0.25) is 11.9 Å². The lowest BCUT2D eigenvalue weighted by atomic mass is 9.97. The number of amides is 2. The number of rotatable bonds is 6. The molecule has 2 aliphatic heterocycles. The summed E-state index contributed by atoms with van der Waals surface area (Å²) in [5.74, 6) is -0.988. The highest BCUT2D eigenvalue weighted by Crippen LogP contribution is 2.35. The number of fused-ring (bicyclic) bond motifs is 1. The number of piperidine rings is 1. The zero-order valence-electron chi connectivity index (χ0n) is 22.0. The Morgan fingerprint density at radius 3 is 2.61 bits per heavy atom. The number of benzene rings is 2. The van der Waals surface area contributed by atoms with Gasteiger partial charge in [-0.1, -0.05) is 23.4 Å². The molecule has 2 aliphatic rings. The molecule has 2 amide bonds. The Morgan fingerprint density at radius 1 is 1.10 bits per heavy atom. The smallest absolute Gasteiger partial charge is 0.413 e. The van der Waals surface area contributed by atoms with Crippen LogP contribution in [0.1, 0.15) is 47.5 Å². The minimum Gasteiger partial charge on any atom is -0.453 e. The molecule has 1 saturated heterocycles. The maximum Gasteiger partial charge on any atom is 0.413 e. The third-order valence-corrected chi connectivity index (χ3v) is 8.36. The minimum atomic E-state index is -0.832. The van der Waals surface area contributed by atoms with E-state index in [1.165, 1.54) is 36.6 Å². The first-order valence-corrected chi connectivity index (χ1v) is 14.0. The van der Waals surface area contributed by atoms with Gasteiger partial charge in [-0.2, -0.15) is 0 Å². The van der Waals surface area contributed by atoms with Crippen LogP contribution in [-0.2, 0) is 20.9 Å². The van der Waals surface area contributed by atoms with Crippen LogP contribution in [0.2, 0.25) is 0 Å². The Balaban J connectivity index is 1.08. The first-order valence-electron chi connectivity index (χ1n) is 13.1. The maximum atomic E-state index is 14.2. The Morgan fingerprint density at radius 2 is 1.85 bits per heavy atom. The highest BCUT2D eigenvalue weighted by molar-refractivity contribution is 7.10. The molecule has 10 nitrogen and oxygen atoms in total. The average molecular weight is 581 g/mol. The fourth-order valence-electron chi connectivity index (χ4n) is 5.19. The molecule has 1 N–H and O–H groups in total. The number of anilines is 1. The summed E-state index contributed by atoms with van der Waals surface area (Å²) in [7, 11) is 1.27. The number of imidazole rings is 1. The molecule has 0 aliphatic carbocycles. The molecule has 0 bridgehead atoms. The Kier molecular flexibility index (Phi) is 7.35. The summed E-state index contributed by atoms with van der Waals surface area (Å²) in [6.07, 6.45) is 0.207. The second-order valence-corrected chi connectivity index (χ2v) is 10.7. The molecular weight excluding hydrogens is 554 g/mol. The number of thiazole rings is 1. The number of aromatic nitrogens is 3. The molecule has 0 radical (unpaired) electrons. The molecule has 1 fully saturated rings. The van der Waals surface area contributed by atoms with Crippen LogP contribution in [0.15, 0.2) is 53.0 Å². The van der Waals surface area contributed by atoms with E-state index >= 15 is 0 Å². The zero-order chi connectivity index (χ0) is 28.5. The molecule has 2 aromatic carbocycles. The van der Waals surface area contributed by atoms with E-state index in [2.05, 4.69) is 15.5 Å². The predicted octanol–water partition coefficient (Wildman–Crippen LogP) is 5.22. The van der Waals surface area contributed by atoms with Crippen LogP contribution in [0.5, 0.6) is 0 Å². The zero-order valence-corrected chi connectivity index (χ0v) is 22.9. The molecular formula is C28H26F2N6O4S. The van der Waals surface area contributed by atoms with Crippen molar-refractivity contribution in [3.63, 3.8) is 0 Å². The Hall–Kier alpha value is -4.39. The number of carbonyl (C=O) groups excluding carboxylic acids is 2. The van der Waals surface area contributed by atoms with Crippen molar-refractivity contribution in [2.24, 2.45) is 5.16 Å². The normalized spacial score (nSPS) is 17.4. The second-order valence-electron chi connectivity index (χ2n) is 9.82. The van der Waals surface area contributed by atoms with Crippen LogP contribution in [0, 0.1) is 11.6 Å². The van der Waals surface area contributed by atoms with E-state index in [1.807, 2.05) is 34.5 Å². The number of para-hydroxylation sites is 2. The summed E-state index contributed by atoms with van der Waals surface area (Å²) < 4.78 is 34.8. The van der Waals surface area contributed by atoms with Crippen molar-refractivity contribution in [2.75, 3.05) is 25.5 Å². The standard InChI is InChI=1S/C28H26F2N6O4S/c1-39-28(38)33-27-32-19-7-2-3-8-22(19)36(27)14-24(37)35-11-9-16(10-12-35)26-31-21(15-41-26)20-13-23(40-34-20)25-17(29)5-4-6-18(25)30/h2-8,15-16,23H,9-14H2,1H3,(H,32,33,38). The summed E-state index contributed by atoms with van der Waals surface area (Å²) in [6.45, 7) is 1.14. The van der Waals surface area contributed by atoms with E-state index in [1.54, 1.807) is 4.57 Å². The molecule has 0 saturated carbocycles. The van der Waals surface area contributed by atoms with Gasteiger partial charge in [0, 0.05) is 30.8 Å². The van der Waals surface area contributed by atoms with E-state index in [9.17, 15) is 18.4 Å². The summed E-state index contributed by atoms with van der Waals surface area (Å²) in [4.78, 5) is 41.5. The van der Waals surface area contributed by atoms with Gasteiger partial charge in [-0.25, -0.2) is 23.5 Å². The number of nitrogens with zero attached hydrogens (tertiary/aromatic N) is 5. The number of methoxy groups -OCH3 is 1. The third kappa shape index (κ3) is 5.36. The van der Waals surface area contributed by atoms with Crippen LogP contribution >= 0.6 is 11.3 Å². The van der Waals surface area contributed by atoms with Crippen LogP contribution in [0.25, 0.3) is 11.0 Å². The summed E-state index contributed by atoms with van der Waals surface area (Å²) in [5.41, 5.74) is 2.46. The monoisotopic (exact) mass is 580 g/mol. The number of oxime groups is 1. The van der Waals surface area contributed by atoms with Crippen molar-refractivity contribution in [1.82, 2.24) is 19.4 Å². The first-order chi connectivity index (χ1) is 19.9. The summed E-state index contributed by atoms with van der Waals surface area (Å²) >= 11 is 1.51. The van der Waals surface area contributed by atoms with Crippen LogP contribution in [-0.4, -0.2) is 57.3 Å². The number of hydrogen-bond acceptors (Lipinski definition) is 8. The molecule has 0 spiro atoms. The molecule has 4 aromatic rings. The van der Waals surface area contributed by atoms with Gasteiger partial charge < -0.3 is 19.0 Å². The number of halogens is 2. The molecule has 4 heterocycles. The number of likely N-dealkylation sites (tertiary alicyclic amines) is 1. The Labute approximate surface area is 237 Å². The molecule has 212 valence electrons. The average Bonchev–Trinajstić information content (AvgIpc) is 3.73. The lowest BCUT2D eigenvalue weighted by Gasteiger charge is -2.31. The van der Waals surface area contributed by atoms with E-state index < -0.39 is 23.8 Å². The number of ether oxygens (including phenoxy) is 1. The topological polar surface area (TPSA) is 111 Å². The van der Waals surface area contributed by atoms with Gasteiger partial charge in [0.25, 0.3) is 0 Å². The van der Waals surface area contributed by atoms with Crippen molar-refractivity contribution < 1.29 is 27.9 Å². The lowest BCUT2D eigenvalue weighted by Crippen LogP contribution is -2.40. The van der Waals surface area contributed by atoms with Crippen LogP contribution < -0.4 is 5.32 Å². The van der Waals surface area contributed by atoms with E-state index in [-0.39, 0.29) is 36.3 Å². The van der Waals surface area contributed by atoms with Gasteiger partial charge in [0.15, 0.2) is 6.10 Å². The second kappa shape index (κ2) is 11.2. The van der Waals surface area contributed by atoms with E-state index in [0.717, 1.165) is 23.4 Å². The van der Waals surface area contributed by atoms with Crippen LogP contribution in [0.3, 0.4) is 0 Å². The third-order valence-electron chi connectivity index (χ3n) is 7.35. The molecule has 1 unspecified atom stereocenters. The summed E-state index contributed by atoms with van der Waals surface area (Å²) in [5, 5.41) is 9.46. The number of hydrogen-bond donors (Lipinski definition) is 1. The Bertz CT molecular complexity index is 1630. The van der Waals surface area contributed by atoms with Gasteiger partial charge in [-0.3, -0.25) is 10.1 Å². The number of carbonyl (C=O) groups is 2. The highest BCUT2D eigenvalue weighted by Gasteiger charge is 2.31. The first kappa shape index (κ1) is 26.8. The van der Waals surface area contributed by atoms with Crippen molar-refractivity contribution in [3.05, 3.63) is 75.7 Å². The summed E-state index contributed by atoms with van der Waals surface area (Å²) in [6, 6.07) is 11.1. The molecule has 1 atom stereocenters. The van der Waals surface area contributed by atoms with E-state index in [4.69, 9.17) is 14.6 Å². The highest BCUT2D eigenvalue weighted by atomic mass is 32.1. The SMILES string of the molecule is COC(=O)Nc1nc2ccccc2n1CC(=O)N1CCC(c2nc(C3=NOC(c4c(F)cccc4F)C3)cs2)CC1. The predicted molar refractivity (Wildman–Crippen MR) is 148 cm³/mol. The van der Waals surface area contributed by atoms with Crippen molar-refractivity contribution >= 4 is 46.0 Å². The van der Waals surface area contributed by atoms with Crippen molar-refractivity contribution in [3.8, 4) is 0 Å². The quantitative estimate of drug-likeness (QED) is 0.335. The van der Waals surface area contributed by atoms with Gasteiger partial charge in [-0.15, -0.1) is 11.3 Å². The van der Waals surface area contributed by atoms with E-state index in [0.29, 0.717) is 30.0 Å². The largest absolute Gasteiger partial charge is 0.453 e. The van der Waals surface area contributed by atoms with Crippen molar-refractivity contribution in [2.45, 2.75) is 37.8 Å². The molecule has 6 rings (SSSR count). The molecule has 2 aromatic heterocycles. The van der Waals surface area contributed by atoms with Gasteiger partial charge in [-0.05, 0) is 37.1 Å². The van der Waals surface area contributed by atoms with Gasteiger partial charge in [0.05, 0.1) is 34.4 Å².